The van der Waals surface area contributed by atoms with Gasteiger partial charge >= 0.3 is 0 Å². The Kier molecular flexibility index (Phi) is 2.94. The first-order valence-corrected chi connectivity index (χ1v) is 4.90. The zero-order chi connectivity index (χ0) is 9.80. The van der Waals surface area contributed by atoms with E-state index in [1.807, 2.05) is 18.2 Å². The van der Waals surface area contributed by atoms with Crippen molar-refractivity contribution in [3.05, 3.63) is 41.7 Å². The van der Waals surface area contributed by atoms with Crippen LogP contribution < -0.4 is 0 Å². The van der Waals surface area contributed by atoms with Gasteiger partial charge < -0.3 is 4.74 Å². The fourth-order valence-corrected chi connectivity index (χ4v) is 1.58. The van der Waals surface area contributed by atoms with Crippen LogP contribution in [0.3, 0.4) is 0 Å². The molecule has 1 aliphatic rings. The minimum absolute atomic E-state index is 0.195. The molecule has 1 nitrogen and oxygen atoms in total. The quantitative estimate of drug-likeness (QED) is 0.699. The molecule has 1 atom stereocenters. The minimum Gasteiger partial charge on any atom is -0.374 e. The van der Waals surface area contributed by atoms with E-state index in [0.29, 0.717) is 0 Å². The van der Waals surface area contributed by atoms with E-state index in [1.54, 1.807) is 6.07 Å². The van der Waals surface area contributed by atoms with E-state index in [9.17, 15) is 4.39 Å². The standard InChI is InChI=1S/C12H13FO/c13-11-4-1-3-10(9-11)6-7-12-5-2-8-14-12/h1,3-4,6-7,9,12H,2,5,8H2/b7-6+. The number of rotatable bonds is 2. The number of hydrogen-bond acceptors (Lipinski definition) is 1. The molecule has 1 fully saturated rings. The number of benzene rings is 1. The average molecular weight is 192 g/mol. The summed E-state index contributed by atoms with van der Waals surface area (Å²) in [6.07, 6.45) is 6.34. The van der Waals surface area contributed by atoms with Crippen LogP contribution in [-0.4, -0.2) is 12.7 Å². The van der Waals surface area contributed by atoms with Gasteiger partial charge in [0.2, 0.25) is 0 Å². The van der Waals surface area contributed by atoms with Crippen LogP contribution in [0.2, 0.25) is 0 Å². The zero-order valence-electron chi connectivity index (χ0n) is 7.95. The molecular formula is C12H13FO. The van der Waals surface area contributed by atoms with E-state index >= 15 is 0 Å². The van der Waals surface area contributed by atoms with Crippen LogP contribution in [0.5, 0.6) is 0 Å². The summed E-state index contributed by atoms with van der Waals surface area (Å²) in [7, 11) is 0. The highest BCUT2D eigenvalue weighted by atomic mass is 19.1. The molecule has 0 aliphatic carbocycles. The molecule has 1 aliphatic heterocycles. The maximum atomic E-state index is 12.8. The maximum absolute atomic E-state index is 12.8. The Morgan fingerprint density at radius 1 is 1.43 bits per heavy atom. The molecule has 2 heteroatoms. The third kappa shape index (κ3) is 2.42. The minimum atomic E-state index is -0.195. The predicted molar refractivity (Wildman–Crippen MR) is 54.4 cm³/mol. The van der Waals surface area contributed by atoms with Gasteiger partial charge in [-0.15, -0.1) is 0 Å². The van der Waals surface area contributed by atoms with Crippen molar-refractivity contribution < 1.29 is 9.13 Å². The number of ether oxygens (including phenoxy) is 1. The molecule has 1 unspecified atom stereocenters. The molecule has 1 aromatic rings. The Bertz CT molecular complexity index is 327. The second kappa shape index (κ2) is 4.38. The predicted octanol–water partition coefficient (Wildman–Crippen LogP) is 3.02. The molecule has 1 saturated heterocycles. The maximum Gasteiger partial charge on any atom is 0.123 e. The number of halogens is 1. The van der Waals surface area contributed by atoms with Crippen molar-refractivity contribution in [3.8, 4) is 0 Å². The molecule has 0 saturated carbocycles. The van der Waals surface area contributed by atoms with E-state index in [-0.39, 0.29) is 11.9 Å². The molecule has 14 heavy (non-hydrogen) atoms. The summed E-state index contributed by atoms with van der Waals surface area (Å²) >= 11 is 0. The van der Waals surface area contributed by atoms with Gasteiger partial charge in [0, 0.05) is 6.61 Å². The van der Waals surface area contributed by atoms with Crippen molar-refractivity contribution in [1.29, 1.82) is 0 Å². The van der Waals surface area contributed by atoms with Crippen molar-refractivity contribution in [2.45, 2.75) is 18.9 Å². The normalized spacial score (nSPS) is 21.9. The largest absolute Gasteiger partial charge is 0.374 e. The second-order valence-electron chi connectivity index (χ2n) is 3.47. The Morgan fingerprint density at radius 2 is 2.36 bits per heavy atom. The summed E-state index contributed by atoms with van der Waals surface area (Å²) in [5.41, 5.74) is 0.889. The molecule has 74 valence electrons. The van der Waals surface area contributed by atoms with Crippen LogP contribution in [0.1, 0.15) is 18.4 Å². The smallest absolute Gasteiger partial charge is 0.123 e. The zero-order valence-corrected chi connectivity index (χ0v) is 7.95. The first kappa shape index (κ1) is 9.41. The average Bonchev–Trinajstić information content (AvgIpc) is 2.67. The second-order valence-corrected chi connectivity index (χ2v) is 3.47. The van der Waals surface area contributed by atoms with Gasteiger partial charge in [-0.3, -0.25) is 0 Å². The van der Waals surface area contributed by atoms with Crippen LogP contribution in [-0.2, 0) is 4.74 Å². The third-order valence-electron chi connectivity index (χ3n) is 2.32. The summed E-state index contributed by atoms with van der Waals surface area (Å²) in [6, 6.07) is 6.56. The highest BCUT2D eigenvalue weighted by Gasteiger charge is 2.11. The van der Waals surface area contributed by atoms with Gasteiger partial charge in [-0.1, -0.05) is 24.3 Å². The summed E-state index contributed by atoms with van der Waals surface area (Å²) in [5, 5.41) is 0. The Labute approximate surface area is 83.2 Å². The lowest BCUT2D eigenvalue weighted by atomic mass is 10.1. The van der Waals surface area contributed by atoms with E-state index in [0.717, 1.165) is 25.0 Å². The van der Waals surface area contributed by atoms with Crippen molar-refractivity contribution in [2.24, 2.45) is 0 Å². The van der Waals surface area contributed by atoms with Gasteiger partial charge in [0.25, 0.3) is 0 Å². The monoisotopic (exact) mass is 192 g/mol. The molecular weight excluding hydrogens is 179 g/mol. The Balaban J connectivity index is 2.02. The SMILES string of the molecule is Fc1cccc(/C=C/C2CCCO2)c1. The van der Waals surface area contributed by atoms with Crippen LogP contribution in [0.25, 0.3) is 6.08 Å². The topological polar surface area (TPSA) is 9.23 Å². The van der Waals surface area contributed by atoms with E-state index in [1.165, 1.54) is 12.1 Å². The molecule has 0 radical (unpaired) electrons. The molecule has 0 bridgehead atoms. The van der Waals surface area contributed by atoms with Crippen LogP contribution in [0, 0.1) is 5.82 Å². The lowest BCUT2D eigenvalue weighted by molar-refractivity contribution is 0.146. The van der Waals surface area contributed by atoms with Gasteiger partial charge in [-0.2, -0.15) is 0 Å². The highest BCUT2D eigenvalue weighted by Crippen LogP contribution is 2.15. The van der Waals surface area contributed by atoms with Crippen LogP contribution >= 0.6 is 0 Å². The fourth-order valence-electron chi connectivity index (χ4n) is 1.58. The first-order chi connectivity index (χ1) is 6.84. The molecule has 2 rings (SSSR count). The van der Waals surface area contributed by atoms with Gasteiger partial charge in [0.05, 0.1) is 6.10 Å². The first-order valence-electron chi connectivity index (χ1n) is 4.90. The van der Waals surface area contributed by atoms with Gasteiger partial charge in [-0.05, 0) is 30.5 Å². The van der Waals surface area contributed by atoms with Gasteiger partial charge in [0.1, 0.15) is 5.82 Å². The van der Waals surface area contributed by atoms with Gasteiger partial charge in [0.15, 0.2) is 0 Å². The van der Waals surface area contributed by atoms with Crippen molar-refractivity contribution >= 4 is 6.08 Å². The summed E-state index contributed by atoms with van der Waals surface area (Å²) < 4.78 is 18.2. The highest BCUT2D eigenvalue weighted by molar-refractivity contribution is 5.49. The lowest BCUT2D eigenvalue weighted by Gasteiger charge is -2.01. The van der Waals surface area contributed by atoms with Crippen molar-refractivity contribution in [2.75, 3.05) is 6.61 Å². The van der Waals surface area contributed by atoms with E-state index in [4.69, 9.17) is 4.74 Å². The summed E-state index contributed by atoms with van der Waals surface area (Å²) in [5.74, 6) is -0.195. The van der Waals surface area contributed by atoms with Gasteiger partial charge in [-0.25, -0.2) is 4.39 Å². The van der Waals surface area contributed by atoms with Crippen LogP contribution in [0.15, 0.2) is 30.3 Å². The molecule has 0 spiro atoms. The van der Waals surface area contributed by atoms with Crippen molar-refractivity contribution in [1.82, 2.24) is 0 Å². The lowest BCUT2D eigenvalue weighted by Crippen LogP contribution is -1.98. The molecule has 0 amide bonds. The fraction of sp³-hybridized carbons (Fsp3) is 0.333. The Hall–Kier alpha value is -1.15. The van der Waals surface area contributed by atoms with E-state index in [2.05, 4.69) is 0 Å². The molecule has 1 aromatic carbocycles. The van der Waals surface area contributed by atoms with Crippen molar-refractivity contribution in [3.63, 3.8) is 0 Å². The Morgan fingerprint density at radius 3 is 3.07 bits per heavy atom. The molecule has 0 aromatic heterocycles. The third-order valence-corrected chi connectivity index (χ3v) is 2.32. The summed E-state index contributed by atoms with van der Waals surface area (Å²) in [6.45, 7) is 0.845. The van der Waals surface area contributed by atoms with E-state index < -0.39 is 0 Å². The number of hydrogen-bond donors (Lipinski definition) is 0. The molecule has 0 N–H and O–H groups in total. The summed E-state index contributed by atoms with van der Waals surface area (Å²) in [4.78, 5) is 0. The van der Waals surface area contributed by atoms with Crippen LogP contribution in [0.4, 0.5) is 4.39 Å². The molecule has 1 heterocycles.